The van der Waals surface area contributed by atoms with Crippen molar-refractivity contribution in [2.45, 2.75) is 5.92 Å². The molecule has 1 heterocycles. The summed E-state index contributed by atoms with van der Waals surface area (Å²) in [6.07, 6.45) is 3.92. The molecule has 132 valence electrons. The highest BCUT2D eigenvalue weighted by Gasteiger charge is 2.16. The average molecular weight is 355 g/mol. The summed E-state index contributed by atoms with van der Waals surface area (Å²) >= 11 is 0. The molecule has 0 amide bonds. The fourth-order valence-corrected chi connectivity index (χ4v) is 3.14. The maximum Gasteiger partial charge on any atom is 0.270 e. The lowest BCUT2D eigenvalue weighted by Crippen LogP contribution is -1.95. The van der Waals surface area contributed by atoms with Crippen molar-refractivity contribution in [1.82, 2.24) is 0 Å². The van der Waals surface area contributed by atoms with E-state index in [9.17, 15) is 10.1 Å². The number of para-hydroxylation sites is 1. The molecule has 4 heteroatoms. The molecular formula is C23H17NO3. The lowest BCUT2D eigenvalue weighted by Gasteiger charge is -2.10. The first-order valence-corrected chi connectivity index (χ1v) is 8.67. The molecule has 1 atom stereocenters. The molecule has 0 aliphatic heterocycles. The van der Waals surface area contributed by atoms with E-state index in [-0.39, 0.29) is 16.5 Å². The summed E-state index contributed by atoms with van der Waals surface area (Å²) in [5, 5.41) is 12.1. The number of non-ortho nitro benzene ring substituents is 1. The van der Waals surface area contributed by atoms with E-state index in [0.717, 1.165) is 27.9 Å². The molecule has 0 bridgehead atoms. The number of allylic oxidation sites excluding steroid dienone is 1. The van der Waals surface area contributed by atoms with Gasteiger partial charge in [0.15, 0.2) is 0 Å². The van der Waals surface area contributed by atoms with Crippen LogP contribution < -0.4 is 0 Å². The van der Waals surface area contributed by atoms with Crippen LogP contribution in [-0.2, 0) is 0 Å². The fraction of sp³-hybridized carbons (Fsp3) is 0.0435. The van der Waals surface area contributed by atoms with Gasteiger partial charge >= 0.3 is 0 Å². The van der Waals surface area contributed by atoms with Gasteiger partial charge < -0.3 is 4.42 Å². The number of hydrogen-bond acceptors (Lipinski definition) is 3. The van der Waals surface area contributed by atoms with E-state index < -0.39 is 0 Å². The Morgan fingerprint density at radius 3 is 2.44 bits per heavy atom. The summed E-state index contributed by atoms with van der Waals surface area (Å²) < 4.78 is 6.08. The minimum Gasteiger partial charge on any atom is -0.460 e. The second kappa shape index (κ2) is 7.30. The Labute approximate surface area is 156 Å². The summed E-state index contributed by atoms with van der Waals surface area (Å²) in [6, 6.07) is 26.6. The number of furan rings is 1. The molecule has 0 spiro atoms. The number of fused-ring (bicyclic) bond motifs is 1. The highest BCUT2D eigenvalue weighted by atomic mass is 16.6. The first kappa shape index (κ1) is 16.8. The Kier molecular flexibility index (Phi) is 4.54. The van der Waals surface area contributed by atoms with E-state index in [4.69, 9.17) is 4.42 Å². The largest absolute Gasteiger partial charge is 0.460 e. The molecule has 4 rings (SSSR count). The Morgan fingerprint density at radius 2 is 1.67 bits per heavy atom. The second-order valence-electron chi connectivity index (χ2n) is 6.29. The third-order valence-electron chi connectivity index (χ3n) is 4.47. The van der Waals surface area contributed by atoms with Gasteiger partial charge in [0.1, 0.15) is 11.3 Å². The predicted molar refractivity (Wildman–Crippen MR) is 107 cm³/mol. The van der Waals surface area contributed by atoms with Crippen LogP contribution in [0, 0.1) is 10.1 Å². The van der Waals surface area contributed by atoms with Crippen LogP contribution in [0.15, 0.2) is 95.4 Å². The highest BCUT2D eigenvalue weighted by Crippen LogP contribution is 2.31. The fourth-order valence-electron chi connectivity index (χ4n) is 3.14. The van der Waals surface area contributed by atoms with Crippen molar-refractivity contribution < 1.29 is 9.34 Å². The quantitative estimate of drug-likeness (QED) is 0.317. The zero-order valence-electron chi connectivity index (χ0n) is 14.5. The Hall–Kier alpha value is -3.66. The van der Waals surface area contributed by atoms with Gasteiger partial charge in [0.05, 0.1) is 10.8 Å². The number of nitrogens with zero attached hydrogens (tertiary/aromatic N) is 1. The molecule has 3 aromatic carbocycles. The van der Waals surface area contributed by atoms with Crippen molar-refractivity contribution >= 4 is 22.7 Å². The molecule has 0 saturated carbocycles. The molecule has 1 unspecified atom stereocenters. The standard InChI is InChI=1S/C23H17NO3/c25-24(26)20-11-6-7-17(15-20)13-14-21(18-8-2-1-3-9-18)23-16-19-10-4-5-12-22(19)27-23/h1-16,21H/b14-13+. The zero-order valence-corrected chi connectivity index (χ0v) is 14.5. The van der Waals surface area contributed by atoms with E-state index in [2.05, 4.69) is 12.1 Å². The summed E-state index contributed by atoms with van der Waals surface area (Å²) in [6.45, 7) is 0. The van der Waals surface area contributed by atoms with Crippen molar-refractivity contribution in [3.63, 3.8) is 0 Å². The van der Waals surface area contributed by atoms with Crippen LogP contribution in [-0.4, -0.2) is 4.92 Å². The number of rotatable bonds is 5. The molecular weight excluding hydrogens is 338 g/mol. The van der Waals surface area contributed by atoms with Crippen molar-refractivity contribution in [2.75, 3.05) is 0 Å². The maximum atomic E-state index is 11.0. The third kappa shape index (κ3) is 3.65. The smallest absolute Gasteiger partial charge is 0.270 e. The van der Waals surface area contributed by atoms with Crippen LogP contribution in [0.5, 0.6) is 0 Å². The Bertz CT molecular complexity index is 1080. The first-order valence-electron chi connectivity index (χ1n) is 8.67. The maximum absolute atomic E-state index is 11.0. The molecule has 0 aliphatic carbocycles. The molecule has 27 heavy (non-hydrogen) atoms. The van der Waals surface area contributed by atoms with E-state index in [1.807, 2.05) is 66.7 Å². The van der Waals surface area contributed by atoms with Crippen LogP contribution in [0.2, 0.25) is 0 Å². The van der Waals surface area contributed by atoms with Gasteiger partial charge in [0.2, 0.25) is 0 Å². The van der Waals surface area contributed by atoms with E-state index in [0.29, 0.717) is 0 Å². The molecule has 4 aromatic rings. The van der Waals surface area contributed by atoms with E-state index in [1.54, 1.807) is 12.1 Å². The van der Waals surface area contributed by atoms with Gasteiger partial charge in [0, 0.05) is 17.5 Å². The summed E-state index contributed by atoms with van der Waals surface area (Å²) in [7, 11) is 0. The first-order chi connectivity index (χ1) is 13.2. The van der Waals surface area contributed by atoms with Crippen LogP contribution in [0.25, 0.3) is 17.0 Å². The van der Waals surface area contributed by atoms with Crippen LogP contribution in [0.1, 0.15) is 22.8 Å². The van der Waals surface area contributed by atoms with Gasteiger partial charge in [-0.3, -0.25) is 10.1 Å². The van der Waals surface area contributed by atoms with Crippen LogP contribution in [0.4, 0.5) is 5.69 Å². The lowest BCUT2D eigenvalue weighted by atomic mass is 9.95. The molecule has 4 nitrogen and oxygen atoms in total. The van der Waals surface area contributed by atoms with Gasteiger partial charge in [0.25, 0.3) is 5.69 Å². The lowest BCUT2D eigenvalue weighted by molar-refractivity contribution is -0.384. The zero-order chi connectivity index (χ0) is 18.6. The van der Waals surface area contributed by atoms with Crippen molar-refractivity contribution in [2.24, 2.45) is 0 Å². The minimum atomic E-state index is -0.384. The summed E-state index contributed by atoms with van der Waals surface area (Å²) in [5.41, 5.74) is 2.80. The number of nitro groups is 1. The van der Waals surface area contributed by atoms with Crippen molar-refractivity contribution in [3.8, 4) is 0 Å². The summed E-state index contributed by atoms with van der Waals surface area (Å²) in [4.78, 5) is 10.6. The number of benzene rings is 3. The van der Waals surface area contributed by atoms with Gasteiger partial charge in [-0.05, 0) is 23.3 Å². The van der Waals surface area contributed by atoms with Gasteiger partial charge in [-0.15, -0.1) is 0 Å². The average Bonchev–Trinajstić information content (AvgIpc) is 3.13. The Balaban J connectivity index is 1.74. The van der Waals surface area contributed by atoms with E-state index >= 15 is 0 Å². The summed E-state index contributed by atoms with van der Waals surface area (Å²) in [5.74, 6) is 0.752. The Morgan fingerprint density at radius 1 is 0.889 bits per heavy atom. The van der Waals surface area contributed by atoms with E-state index in [1.165, 1.54) is 6.07 Å². The minimum absolute atomic E-state index is 0.0807. The van der Waals surface area contributed by atoms with Crippen molar-refractivity contribution in [1.29, 1.82) is 0 Å². The normalized spacial score (nSPS) is 12.4. The topological polar surface area (TPSA) is 56.3 Å². The molecule has 1 aromatic heterocycles. The van der Waals surface area contributed by atoms with Gasteiger partial charge in [-0.2, -0.15) is 0 Å². The van der Waals surface area contributed by atoms with Crippen LogP contribution in [0.3, 0.4) is 0 Å². The molecule has 0 N–H and O–H groups in total. The third-order valence-corrected chi connectivity index (χ3v) is 4.47. The number of hydrogen-bond donors (Lipinski definition) is 0. The second-order valence-corrected chi connectivity index (χ2v) is 6.29. The molecule has 0 aliphatic rings. The van der Waals surface area contributed by atoms with Gasteiger partial charge in [-0.1, -0.05) is 72.8 Å². The SMILES string of the molecule is O=[N+]([O-])c1cccc(/C=C/C(c2ccccc2)c2cc3ccccc3o2)c1. The molecule has 0 saturated heterocycles. The highest BCUT2D eigenvalue weighted by molar-refractivity contribution is 5.78. The predicted octanol–water partition coefficient (Wildman–Crippen LogP) is 6.19. The molecule has 0 radical (unpaired) electrons. The number of nitro benzene ring substituents is 1. The molecule has 0 fully saturated rings. The van der Waals surface area contributed by atoms with Gasteiger partial charge in [-0.25, -0.2) is 0 Å². The van der Waals surface area contributed by atoms with Crippen molar-refractivity contribution in [3.05, 3.63) is 118 Å². The monoisotopic (exact) mass is 355 g/mol. The van der Waals surface area contributed by atoms with Crippen LogP contribution >= 0.6 is 0 Å².